The van der Waals surface area contributed by atoms with Crippen LogP contribution in [0.5, 0.6) is 5.75 Å². The van der Waals surface area contributed by atoms with Gasteiger partial charge in [0.05, 0.1) is 12.8 Å². The maximum atomic E-state index is 12.0. The number of ether oxygens (including phenoxy) is 1. The Morgan fingerprint density at radius 3 is 2.71 bits per heavy atom. The molecule has 0 bridgehead atoms. The Bertz CT molecular complexity index is 449. The van der Waals surface area contributed by atoms with Gasteiger partial charge in [0.15, 0.2) is 0 Å². The van der Waals surface area contributed by atoms with Crippen LogP contribution in [0.25, 0.3) is 0 Å². The Hall–Kier alpha value is -1.75. The van der Waals surface area contributed by atoms with Gasteiger partial charge in [0, 0.05) is 18.2 Å². The lowest BCUT2D eigenvalue weighted by Crippen LogP contribution is -2.26. The number of methoxy groups -OCH3 is 1. The topological polar surface area (TPSA) is 67.6 Å². The van der Waals surface area contributed by atoms with Crippen LogP contribution in [-0.2, 0) is 4.79 Å². The third-order valence-electron chi connectivity index (χ3n) is 3.36. The van der Waals surface area contributed by atoms with Crippen molar-refractivity contribution in [1.29, 1.82) is 0 Å². The van der Waals surface area contributed by atoms with Gasteiger partial charge in [-0.25, -0.2) is 0 Å². The highest BCUT2D eigenvalue weighted by Gasteiger charge is 2.09. The highest BCUT2D eigenvalue weighted by molar-refractivity contribution is 5.92. The van der Waals surface area contributed by atoms with Crippen molar-refractivity contribution in [2.24, 2.45) is 0 Å². The second-order valence-corrected chi connectivity index (χ2v) is 5.05. The minimum atomic E-state index is 0.00521. The van der Waals surface area contributed by atoms with Crippen LogP contribution < -0.4 is 15.8 Å². The first kappa shape index (κ1) is 17.3. The van der Waals surface area contributed by atoms with E-state index >= 15 is 0 Å². The molecule has 0 unspecified atom stereocenters. The number of rotatable bonds is 9. The lowest BCUT2D eigenvalue weighted by atomic mass is 10.2. The summed E-state index contributed by atoms with van der Waals surface area (Å²) in [6, 6.07) is 5.22. The smallest absolute Gasteiger partial charge is 0.224 e. The van der Waals surface area contributed by atoms with Gasteiger partial charge >= 0.3 is 0 Å². The zero-order valence-corrected chi connectivity index (χ0v) is 13.3. The molecule has 3 N–H and O–H groups in total. The molecule has 0 atom stereocenters. The molecule has 0 spiro atoms. The number of benzene rings is 1. The summed E-state index contributed by atoms with van der Waals surface area (Å²) in [4.78, 5) is 14.3. The molecule has 0 aromatic heterocycles. The standard InChI is InChI=1S/C16H27N3O2/c1-4-10-19(5-2)11-6-7-16(20)18-14-9-8-13(17)12-15(14)21-3/h8-9,12H,4-7,10-11,17H2,1-3H3,(H,18,20). The van der Waals surface area contributed by atoms with Gasteiger partial charge in [-0.3, -0.25) is 4.79 Å². The second-order valence-electron chi connectivity index (χ2n) is 5.05. The minimum Gasteiger partial charge on any atom is -0.494 e. The number of amides is 1. The zero-order valence-electron chi connectivity index (χ0n) is 13.3. The molecule has 0 aliphatic rings. The largest absolute Gasteiger partial charge is 0.494 e. The maximum absolute atomic E-state index is 12.0. The Balaban J connectivity index is 2.43. The van der Waals surface area contributed by atoms with E-state index in [1.165, 1.54) is 0 Å². The van der Waals surface area contributed by atoms with E-state index in [-0.39, 0.29) is 5.91 Å². The van der Waals surface area contributed by atoms with Crippen molar-refractivity contribution in [1.82, 2.24) is 4.90 Å². The molecule has 5 heteroatoms. The summed E-state index contributed by atoms with van der Waals surface area (Å²) < 4.78 is 5.22. The van der Waals surface area contributed by atoms with Gasteiger partial charge < -0.3 is 20.7 Å². The van der Waals surface area contributed by atoms with E-state index in [1.54, 1.807) is 25.3 Å². The van der Waals surface area contributed by atoms with Crippen molar-refractivity contribution >= 4 is 17.3 Å². The summed E-state index contributed by atoms with van der Waals surface area (Å²) in [5, 5.41) is 2.87. The number of nitrogens with zero attached hydrogens (tertiary/aromatic N) is 1. The number of carbonyl (C=O) groups is 1. The first-order chi connectivity index (χ1) is 10.1. The molecular weight excluding hydrogens is 266 g/mol. The SMILES string of the molecule is CCCN(CC)CCCC(=O)Nc1ccc(N)cc1OC. The summed E-state index contributed by atoms with van der Waals surface area (Å²) >= 11 is 0. The van der Waals surface area contributed by atoms with Gasteiger partial charge in [0.25, 0.3) is 0 Å². The predicted octanol–water partition coefficient (Wildman–Crippen LogP) is 2.73. The van der Waals surface area contributed by atoms with E-state index in [0.717, 1.165) is 32.5 Å². The van der Waals surface area contributed by atoms with Crippen molar-refractivity contribution in [3.05, 3.63) is 18.2 Å². The van der Waals surface area contributed by atoms with E-state index in [2.05, 4.69) is 24.1 Å². The molecule has 0 radical (unpaired) electrons. The third kappa shape index (κ3) is 6.04. The molecule has 0 saturated heterocycles. The molecule has 5 nitrogen and oxygen atoms in total. The summed E-state index contributed by atoms with van der Waals surface area (Å²) in [6.07, 6.45) is 2.51. The number of hydrogen-bond acceptors (Lipinski definition) is 4. The lowest BCUT2D eigenvalue weighted by molar-refractivity contribution is -0.116. The Morgan fingerprint density at radius 2 is 2.10 bits per heavy atom. The van der Waals surface area contributed by atoms with Crippen molar-refractivity contribution in [2.75, 3.05) is 37.8 Å². The molecule has 0 aliphatic heterocycles. The van der Waals surface area contributed by atoms with Gasteiger partial charge in [0.2, 0.25) is 5.91 Å². The molecule has 1 amide bonds. The van der Waals surface area contributed by atoms with Crippen molar-refractivity contribution in [3.8, 4) is 5.75 Å². The van der Waals surface area contributed by atoms with E-state index in [0.29, 0.717) is 23.5 Å². The summed E-state index contributed by atoms with van der Waals surface area (Å²) in [6.45, 7) is 7.39. The highest BCUT2D eigenvalue weighted by Crippen LogP contribution is 2.26. The van der Waals surface area contributed by atoms with Crippen molar-refractivity contribution in [3.63, 3.8) is 0 Å². The van der Waals surface area contributed by atoms with Crippen LogP contribution in [0.15, 0.2) is 18.2 Å². The fraction of sp³-hybridized carbons (Fsp3) is 0.562. The van der Waals surface area contributed by atoms with Crippen LogP contribution >= 0.6 is 0 Å². The average Bonchev–Trinajstić information content (AvgIpc) is 2.48. The van der Waals surface area contributed by atoms with E-state index in [1.807, 2.05) is 0 Å². The number of nitrogens with two attached hydrogens (primary N) is 1. The van der Waals surface area contributed by atoms with Crippen LogP contribution in [-0.4, -0.2) is 37.6 Å². The number of carbonyl (C=O) groups excluding carboxylic acids is 1. The molecule has 1 rings (SSSR count). The molecule has 0 saturated carbocycles. The summed E-state index contributed by atoms with van der Waals surface area (Å²) in [5.41, 5.74) is 6.97. The highest BCUT2D eigenvalue weighted by atomic mass is 16.5. The van der Waals surface area contributed by atoms with Crippen LogP contribution in [0.3, 0.4) is 0 Å². The van der Waals surface area contributed by atoms with Crippen molar-refractivity contribution in [2.45, 2.75) is 33.1 Å². The Morgan fingerprint density at radius 1 is 1.33 bits per heavy atom. The van der Waals surface area contributed by atoms with Crippen LogP contribution in [0, 0.1) is 0 Å². The molecule has 21 heavy (non-hydrogen) atoms. The number of anilines is 2. The average molecular weight is 293 g/mol. The molecule has 118 valence electrons. The second kappa shape index (κ2) is 9.23. The van der Waals surface area contributed by atoms with E-state index < -0.39 is 0 Å². The number of nitrogen functional groups attached to an aromatic ring is 1. The van der Waals surface area contributed by atoms with E-state index in [9.17, 15) is 4.79 Å². The monoisotopic (exact) mass is 293 g/mol. The first-order valence-corrected chi connectivity index (χ1v) is 7.56. The van der Waals surface area contributed by atoms with Crippen LogP contribution in [0.4, 0.5) is 11.4 Å². The quantitative estimate of drug-likeness (QED) is 0.687. The molecule has 1 aromatic rings. The first-order valence-electron chi connectivity index (χ1n) is 7.56. The number of nitrogens with one attached hydrogen (secondary N) is 1. The Kier molecular flexibility index (Phi) is 7.61. The van der Waals surface area contributed by atoms with Gasteiger partial charge in [-0.2, -0.15) is 0 Å². The summed E-state index contributed by atoms with van der Waals surface area (Å²) in [5.74, 6) is 0.593. The number of hydrogen-bond donors (Lipinski definition) is 2. The van der Waals surface area contributed by atoms with Crippen LogP contribution in [0.2, 0.25) is 0 Å². The fourth-order valence-corrected chi connectivity index (χ4v) is 2.23. The van der Waals surface area contributed by atoms with Gasteiger partial charge in [0.1, 0.15) is 5.75 Å². The van der Waals surface area contributed by atoms with Gasteiger partial charge in [-0.1, -0.05) is 13.8 Å². The van der Waals surface area contributed by atoms with Gasteiger partial charge in [-0.05, 0) is 44.6 Å². The minimum absolute atomic E-state index is 0.00521. The molecule has 0 aliphatic carbocycles. The fourth-order valence-electron chi connectivity index (χ4n) is 2.23. The zero-order chi connectivity index (χ0) is 15.7. The van der Waals surface area contributed by atoms with Crippen molar-refractivity contribution < 1.29 is 9.53 Å². The summed E-state index contributed by atoms with van der Waals surface area (Å²) in [7, 11) is 1.56. The normalized spacial score (nSPS) is 10.7. The maximum Gasteiger partial charge on any atom is 0.224 e. The molecular formula is C16H27N3O2. The predicted molar refractivity (Wildman–Crippen MR) is 87.7 cm³/mol. The van der Waals surface area contributed by atoms with Gasteiger partial charge in [-0.15, -0.1) is 0 Å². The van der Waals surface area contributed by atoms with E-state index in [4.69, 9.17) is 10.5 Å². The molecule has 1 aromatic carbocycles. The van der Waals surface area contributed by atoms with Crippen LogP contribution in [0.1, 0.15) is 33.1 Å². The molecule has 0 fully saturated rings. The lowest BCUT2D eigenvalue weighted by Gasteiger charge is -2.19. The Labute approximate surface area is 127 Å². The third-order valence-corrected chi connectivity index (χ3v) is 3.36. The molecule has 0 heterocycles.